The molecule has 2 N–H and O–H groups in total. The van der Waals surface area contributed by atoms with Gasteiger partial charge in [0.15, 0.2) is 5.82 Å². The number of fused-ring (bicyclic) bond motifs is 1. The van der Waals surface area contributed by atoms with Gasteiger partial charge in [-0.3, -0.25) is 9.97 Å². The summed E-state index contributed by atoms with van der Waals surface area (Å²) in [6.45, 7) is 2.46. The summed E-state index contributed by atoms with van der Waals surface area (Å²) in [6.07, 6.45) is 7.81. The number of hydrogen-bond donors (Lipinski definition) is 2. The Labute approximate surface area is 151 Å². The normalized spacial score (nSPS) is 17.0. The number of aromatic nitrogens is 3. The number of rotatable bonds is 5. The molecular weight excluding hydrogens is 331 g/mol. The van der Waals surface area contributed by atoms with Crippen LogP contribution < -0.4 is 15.5 Å². The first kappa shape index (κ1) is 16.7. The maximum atomic E-state index is 14.2. The lowest BCUT2D eigenvalue weighted by Crippen LogP contribution is -2.29. The fourth-order valence-electron chi connectivity index (χ4n) is 3.40. The van der Waals surface area contributed by atoms with Crippen LogP contribution in [0.2, 0.25) is 0 Å². The van der Waals surface area contributed by atoms with Gasteiger partial charge in [-0.05, 0) is 37.2 Å². The van der Waals surface area contributed by atoms with E-state index in [-0.39, 0.29) is 5.82 Å². The second kappa shape index (κ2) is 7.21. The van der Waals surface area contributed by atoms with Crippen molar-refractivity contribution in [2.75, 3.05) is 30.4 Å². The predicted octanol–water partition coefficient (Wildman–Crippen LogP) is 2.57. The van der Waals surface area contributed by atoms with Gasteiger partial charge in [-0.15, -0.1) is 0 Å². The highest BCUT2D eigenvalue weighted by Gasteiger charge is 2.22. The Balaban J connectivity index is 1.54. The molecule has 1 saturated heterocycles. The van der Waals surface area contributed by atoms with Crippen molar-refractivity contribution >= 4 is 22.4 Å². The van der Waals surface area contributed by atoms with E-state index in [9.17, 15) is 4.39 Å². The largest absolute Gasteiger partial charge is 0.378 e. The molecule has 4 rings (SSSR count). The van der Waals surface area contributed by atoms with Crippen molar-refractivity contribution in [2.45, 2.75) is 19.0 Å². The van der Waals surface area contributed by atoms with Crippen molar-refractivity contribution in [3.05, 3.63) is 54.4 Å². The van der Waals surface area contributed by atoms with Crippen LogP contribution in [0.15, 0.2) is 43.0 Å². The molecule has 1 aliphatic rings. The van der Waals surface area contributed by atoms with Crippen LogP contribution in [0.5, 0.6) is 0 Å². The highest BCUT2D eigenvalue weighted by Crippen LogP contribution is 2.28. The van der Waals surface area contributed by atoms with E-state index >= 15 is 0 Å². The van der Waals surface area contributed by atoms with Gasteiger partial charge in [0, 0.05) is 44.3 Å². The van der Waals surface area contributed by atoms with Crippen LogP contribution in [0.4, 0.5) is 15.8 Å². The molecule has 3 heterocycles. The highest BCUT2D eigenvalue weighted by atomic mass is 19.1. The lowest BCUT2D eigenvalue weighted by molar-refractivity contribution is 0.617. The van der Waals surface area contributed by atoms with E-state index in [1.807, 2.05) is 25.4 Å². The van der Waals surface area contributed by atoms with Gasteiger partial charge in [0.25, 0.3) is 0 Å². The number of nitrogens with one attached hydrogen (secondary N) is 2. The van der Waals surface area contributed by atoms with Crippen molar-refractivity contribution in [3.8, 4) is 0 Å². The molecule has 0 aliphatic carbocycles. The molecular formula is C19H21FN6. The first-order chi connectivity index (χ1) is 12.7. The molecule has 26 heavy (non-hydrogen) atoms. The third-order valence-electron chi connectivity index (χ3n) is 4.81. The van der Waals surface area contributed by atoms with Crippen molar-refractivity contribution in [1.29, 1.82) is 0 Å². The molecule has 6 nitrogen and oxygen atoms in total. The highest BCUT2D eigenvalue weighted by molar-refractivity contribution is 5.75. The average Bonchev–Trinajstić information content (AvgIpc) is 3.16. The summed E-state index contributed by atoms with van der Waals surface area (Å²) >= 11 is 0. The van der Waals surface area contributed by atoms with Crippen LogP contribution >= 0.6 is 0 Å². The molecule has 3 aromatic rings. The molecule has 1 fully saturated rings. The number of anilines is 2. The van der Waals surface area contributed by atoms with E-state index in [2.05, 4.69) is 30.5 Å². The fraction of sp³-hybridized carbons (Fsp3) is 0.316. The number of halogens is 1. The molecule has 0 amide bonds. The zero-order chi connectivity index (χ0) is 17.9. The minimum absolute atomic E-state index is 0.300. The van der Waals surface area contributed by atoms with Gasteiger partial charge in [-0.25, -0.2) is 9.37 Å². The fourth-order valence-corrected chi connectivity index (χ4v) is 3.40. The van der Waals surface area contributed by atoms with Gasteiger partial charge >= 0.3 is 0 Å². The summed E-state index contributed by atoms with van der Waals surface area (Å²) in [5, 5.41) is 6.72. The van der Waals surface area contributed by atoms with Crippen LogP contribution in [0, 0.1) is 5.82 Å². The minimum Gasteiger partial charge on any atom is -0.378 e. The van der Waals surface area contributed by atoms with Crippen LogP contribution in [-0.4, -0.2) is 41.1 Å². The summed E-state index contributed by atoms with van der Waals surface area (Å²) < 4.78 is 14.2. The Morgan fingerprint density at radius 3 is 2.96 bits per heavy atom. The Hall–Kier alpha value is -2.80. The smallest absolute Gasteiger partial charge is 0.151 e. The number of pyridine rings is 1. The molecule has 0 spiro atoms. The summed E-state index contributed by atoms with van der Waals surface area (Å²) in [4.78, 5) is 14.8. The molecule has 1 aromatic carbocycles. The molecule has 1 atom stereocenters. The van der Waals surface area contributed by atoms with Gasteiger partial charge in [-0.1, -0.05) is 0 Å². The summed E-state index contributed by atoms with van der Waals surface area (Å²) in [5.41, 5.74) is 3.75. The second-order valence-corrected chi connectivity index (χ2v) is 6.47. The van der Waals surface area contributed by atoms with Crippen LogP contribution in [-0.2, 0) is 6.54 Å². The van der Waals surface area contributed by atoms with Crippen molar-refractivity contribution < 1.29 is 4.39 Å². The van der Waals surface area contributed by atoms with Crippen LogP contribution in [0.1, 0.15) is 12.0 Å². The Bertz CT molecular complexity index is 915. The monoisotopic (exact) mass is 352 g/mol. The van der Waals surface area contributed by atoms with Crippen molar-refractivity contribution in [3.63, 3.8) is 0 Å². The SMILES string of the molecule is CN[C@@H]1CCN(c2ccncc2NCc2cc(F)c3nccnc3c2)C1. The Morgan fingerprint density at radius 1 is 1.23 bits per heavy atom. The van der Waals surface area contributed by atoms with Gasteiger partial charge < -0.3 is 15.5 Å². The van der Waals surface area contributed by atoms with E-state index in [0.29, 0.717) is 23.6 Å². The molecule has 2 aromatic heterocycles. The maximum Gasteiger partial charge on any atom is 0.151 e. The summed E-state index contributed by atoms with van der Waals surface area (Å²) in [7, 11) is 2.00. The topological polar surface area (TPSA) is 66.0 Å². The molecule has 0 radical (unpaired) electrons. The number of likely N-dealkylation sites (N-methyl/N-ethyl adjacent to an activating group) is 1. The molecule has 7 heteroatoms. The van der Waals surface area contributed by atoms with E-state index in [1.54, 1.807) is 12.4 Å². The summed E-state index contributed by atoms with van der Waals surface area (Å²) in [5.74, 6) is -0.352. The third-order valence-corrected chi connectivity index (χ3v) is 4.81. The van der Waals surface area contributed by atoms with E-state index < -0.39 is 0 Å². The number of hydrogen-bond acceptors (Lipinski definition) is 6. The predicted molar refractivity (Wildman–Crippen MR) is 101 cm³/mol. The van der Waals surface area contributed by atoms with Crippen molar-refractivity contribution in [1.82, 2.24) is 20.3 Å². The summed E-state index contributed by atoms with van der Waals surface area (Å²) in [6, 6.07) is 5.89. The minimum atomic E-state index is -0.352. The van der Waals surface area contributed by atoms with Gasteiger partial charge in [0.1, 0.15) is 5.52 Å². The maximum absolute atomic E-state index is 14.2. The van der Waals surface area contributed by atoms with Gasteiger partial charge in [0.05, 0.1) is 23.1 Å². The number of nitrogens with zero attached hydrogens (tertiary/aromatic N) is 4. The second-order valence-electron chi connectivity index (χ2n) is 6.47. The van der Waals surface area contributed by atoms with E-state index in [1.165, 1.54) is 12.3 Å². The third kappa shape index (κ3) is 3.30. The Kier molecular flexibility index (Phi) is 4.62. The first-order valence-corrected chi connectivity index (χ1v) is 8.74. The molecule has 0 bridgehead atoms. The van der Waals surface area contributed by atoms with Crippen LogP contribution in [0.3, 0.4) is 0 Å². The number of benzene rings is 1. The van der Waals surface area contributed by atoms with E-state index in [4.69, 9.17) is 0 Å². The molecule has 0 saturated carbocycles. The van der Waals surface area contributed by atoms with Gasteiger partial charge in [0.2, 0.25) is 0 Å². The molecule has 134 valence electrons. The average molecular weight is 352 g/mol. The Morgan fingerprint density at radius 2 is 2.12 bits per heavy atom. The van der Waals surface area contributed by atoms with E-state index in [0.717, 1.165) is 36.4 Å². The molecule has 0 unspecified atom stereocenters. The molecule has 1 aliphatic heterocycles. The quantitative estimate of drug-likeness (QED) is 0.736. The van der Waals surface area contributed by atoms with Crippen LogP contribution in [0.25, 0.3) is 11.0 Å². The lowest BCUT2D eigenvalue weighted by atomic mass is 10.1. The zero-order valence-electron chi connectivity index (χ0n) is 14.6. The first-order valence-electron chi connectivity index (χ1n) is 8.74. The van der Waals surface area contributed by atoms with Gasteiger partial charge in [-0.2, -0.15) is 0 Å². The standard InChI is InChI=1S/C19H21FN6/c1-21-14-3-7-26(12-14)18-2-4-22-11-17(18)25-10-13-8-15(20)19-16(9-13)23-5-6-24-19/h2,4-6,8-9,11,14,21,25H,3,7,10,12H2,1H3/t14-/m1/s1. The van der Waals surface area contributed by atoms with Crippen molar-refractivity contribution in [2.24, 2.45) is 0 Å². The lowest BCUT2D eigenvalue weighted by Gasteiger charge is -2.22. The zero-order valence-corrected chi connectivity index (χ0v) is 14.6.